The molecule has 1 fully saturated rings. The van der Waals surface area contributed by atoms with Crippen molar-refractivity contribution in [3.05, 3.63) is 35.6 Å². The van der Waals surface area contributed by atoms with E-state index < -0.39 is 35.7 Å². The summed E-state index contributed by atoms with van der Waals surface area (Å²) in [7, 11) is 0. The summed E-state index contributed by atoms with van der Waals surface area (Å²) in [5.41, 5.74) is -0.731. The number of ether oxygens (including phenoxy) is 3. The Labute approximate surface area is 157 Å². The van der Waals surface area contributed by atoms with E-state index in [0.29, 0.717) is 5.57 Å². The first-order chi connectivity index (χ1) is 12.6. The minimum atomic E-state index is -1.26. The Kier molecular flexibility index (Phi) is 4.99. The van der Waals surface area contributed by atoms with Crippen molar-refractivity contribution in [2.24, 2.45) is 11.8 Å². The molecular formula is C20H24O7. The van der Waals surface area contributed by atoms with Gasteiger partial charge in [-0.2, -0.15) is 0 Å². The van der Waals surface area contributed by atoms with Gasteiger partial charge >= 0.3 is 11.9 Å². The van der Waals surface area contributed by atoms with Crippen LogP contribution in [0.5, 0.6) is 0 Å². The van der Waals surface area contributed by atoms with Gasteiger partial charge in [0.15, 0.2) is 5.60 Å². The van der Waals surface area contributed by atoms with Crippen molar-refractivity contribution in [3.8, 4) is 0 Å². The molecule has 2 bridgehead atoms. The average molecular weight is 376 g/mol. The van der Waals surface area contributed by atoms with Crippen LogP contribution in [0.3, 0.4) is 0 Å². The van der Waals surface area contributed by atoms with Crippen LogP contribution in [0.1, 0.15) is 33.6 Å². The SMILES string of the molecule is C=C1C(=O)O[C@H]2/C=C(/CO)C3=CC(=O)[C@@](C)(C[C@@H](OC(=O)CC(C)C)[C@@H]12)O3. The van der Waals surface area contributed by atoms with Crippen molar-refractivity contribution in [1.29, 1.82) is 0 Å². The average Bonchev–Trinajstić information content (AvgIpc) is 3.01. The van der Waals surface area contributed by atoms with Crippen LogP contribution in [0.4, 0.5) is 0 Å². The van der Waals surface area contributed by atoms with Gasteiger partial charge in [0.1, 0.15) is 18.0 Å². The van der Waals surface area contributed by atoms with Crippen LogP contribution in [0.2, 0.25) is 0 Å². The molecule has 7 heteroatoms. The Morgan fingerprint density at radius 1 is 1.44 bits per heavy atom. The monoisotopic (exact) mass is 376 g/mol. The predicted molar refractivity (Wildman–Crippen MR) is 94.2 cm³/mol. The molecule has 27 heavy (non-hydrogen) atoms. The van der Waals surface area contributed by atoms with E-state index >= 15 is 0 Å². The fourth-order valence-corrected chi connectivity index (χ4v) is 3.66. The molecule has 1 saturated heterocycles. The summed E-state index contributed by atoms with van der Waals surface area (Å²) in [4.78, 5) is 37.0. The highest BCUT2D eigenvalue weighted by Gasteiger charge is 2.52. The Hall–Kier alpha value is -2.41. The van der Waals surface area contributed by atoms with E-state index in [2.05, 4.69) is 6.58 Å². The lowest BCUT2D eigenvalue weighted by Crippen LogP contribution is -2.42. The summed E-state index contributed by atoms with van der Waals surface area (Å²) in [5.74, 6) is -1.59. The van der Waals surface area contributed by atoms with E-state index in [4.69, 9.17) is 14.2 Å². The lowest BCUT2D eigenvalue weighted by molar-refractivity contribution is -0.158. The minimum absolute atomic E-state index is 0.0546. The highest BCUT2D eigenvalue weighted by molar-refractivity contribution is 6.00. The zero-order valence-electron chi connectivity index (χ0n) is 15.7. The maximum absolute atomic E-state index is 12.5. The quantitative estimate of drug-likeness (QED) is 0.588. The van der Waals surface area contributed by atoms with E-state index in [0.717, 1.165) is 0 Å². The Morgan fingerprint density at radius 2 is 2.15 bits per heavy atom. The first-order valence-electron chi connectivity index (χ1n) is 9.01. The van der Waals surface area contributed by atoms with Crippen LogP contribution in [-0.4, -0.2) is 47.2 Å². The predicted octanol–water partition coefficient (Wildman–Crippen LogP) is 1.61. The third-order valence-corrected chi connectivity index (χ3v) is 5.08. The number of fused-ring (bicyclic) bond motifs is 3. The van der Waals surface area contributed by atoms with Gasteiger partial charge in [0.2, 0.25) is 5.78 Å². The van der Waals surface area contributed by atoms with Crippen molar-refractivity contribution in [2.45, 2.75) is 51.4 Å². The third-order valence-electron chi connectivity index (χ3n) is 5.08. The number of aliphatic hydroxyl groups is 1. The second-order valence-corrected chi connectivity index (χ2v) is 7.81. The van der Waals surface area contributed by atoms with Crippen LogP contribution in [0.25, 0.3) is 0 Å². The standard InChI is InChI=1S/C20H24O7/c1-10(2)5-17(23)25-15-8-20(4)16(22)7-13(27-20)12(9-21)6-14-18(15)11(3)19(24)26-14/h6-7,10,14-15,18,21H,3,5,8-9H2,1-2,4H3/b12-6-/t14-,15+,18-,20+/m0/s1. The Balaban J connectivity index is 2.02. The van der Waals surface area contributed by atoms with Gasteiger partial charge in [-0.25, -0.2) is 4.79 Å². The summed E-state index contributed by atoms with van der Waals surface area (Å²) in [6, 6.07) is 0. The largest absolute Gasteiger partial charge is 0.479 e. The fourth-order valence-electron chi connectivity index (χ4n) is 3.66. The maximum atomic E-state index is 12.5. The van der Waals surface area contributed by atoms with E-state index in [9.17, 15) is 19.5 Å². The molecule has 0 aromatic heterocycles. The lowest BCUT2D eigenvalue weighted by atomic mass is 9.82. The molecule has 0 aromatic carbocycles. The molecule has 1 N–H and O–H groups in total. The molecule has 0 aliphatic carbocycles. The molecule has 0 unspecified atom stereocenters. The van der Waals surface area contributed by atoms with Gasteiger partial charge in [0.05, 0.1) is 12.5 Å². The number of hydrogen-bond donors (Lipinski definition) is 1. The summed E-state index contributed by atoms with van der Waals surface area (Å²) >= 11 is 0. The first kappa shape index (κ1) is 19.4. The van der Waals surface area contributed by atoms with Crippen molar-refractivity contribution in [1.82, 2.24) is 0 Å². The zero-order chi connectivity index (χ0) is 19.9. The highest BCUT2D eigenvalue weighted by Crippen LogP contribution is 2.42. The topological polar surface area (TPSA) is 99.1 Å². The highest BCUT2D eigenvalue weighted by atomic mass is 16.6. The smallest absolute Gasteiger partial charge is 0.334 e. The fraction of sp³-hybridized carbons (Fsp3) is 0.550. The number of hydrogen-bond acceptors (Lipinski definition) is 7. The van der Waals surface area contributed by atoms with E-state index in [1.54, 1.807) is 13.0 Å². The lowest BCUT2D eigenvalue weighted by Gasteiger charge is -2.31. The van der Waals surface area contributed by atoms with Crippen LogP contribution in [-0.2, 0) is 28.6 Å². The van der Waals surface area contributed by atoms with E-state index in [1.165, 1.54) is 6.08 Å². The molecule has 4 atom stereocenters. The Bertz CT molecular complexity index is 760. The normalized spacial score (nSPS) is 34.6. The van der Waals surface area contributed by atoms with Crippen LogP contribution >= 0.6 is 0 Å². The number of ketones is 1. The van der Waals surface area contributed by atoms with Crippen molar-refractivity contribution in [3.63, 3.8) is 0 Å². The summed E-state index contributed by atoms with van der Waals surface area (Å²) < 4.78 is 16.9. The number of rotatable bonds is 4. The molecule has 3 heterocycles. The number of esters is 2. The van der Waals surface area contributed by atoms with Gasteiger partial charge in [0.25, 0.3) is 0 Å². The maximum Gasteiger partial charge on any atom is 0.334 e. The second kappa shape index (κ2) is 6.96. The summed E-state index contributed by atoms with van der Waals surface area (Å²) in [5, 5.41) is 9.70. The molecule has 7 nitrogen and oxygen atoms in total. The zero-order valence-corrected chi connectivity index (χ0v) is 15.7. The van der Waals surface area contributed by atoms with Gasteiger partial charge in [0, 0.05) is 30.1 Å². The number of carbonyl (C=O) groups excluding carboxylic acids is 3. The summed E-state index contributed by atoms with van der Waals surface area (Å²) in [6.45, 7) is 8.81. The van der Waals surface area contributed by atoms with Crippen molar-refractivity contribution >= 4 is 17.7 Å². The van der Waals surface area contributed by atoms with Gasteiger partial charge < -0.3 is 19.3 Å². The van der Waals surface area contributed by atoms with Crippen LogP contribution in [0.15, 0.2) is 35.6 Å². The first-order valence-corrected chi connectivity index (χ1v) is 9.01. The molecule has 0 radical (unpaired) electrons. The second-order valence-electron chi connectivity index (χ2n) is 7.81. The molecule has 146 valence electrons. The van der Waals surface area contributed by atoms with Gasteiger partial charge in [-0.15, -0.1) is 0 Å². The summed E-state index contributed by atoms with van der Waals surface area (Å²) in [6.07, 6.45) is 1.55. The molecular weight excluding hydrogens is 352 g/mol. The van der Waals surface area contributed by atoms with E-state index in [-0.39, 0.29) is 42.5 Å². The molecule has 0 amide bonds. The van der Waals surface area contributed by atoms with E-state index in [1.807, 2.05) is 13.8 Å². The van der Waals surface area contributed by atoms with Crippen LogP contribution < -0.4 is 0 Å². The van der Waals surface area contributed by atoms with Crippen LogP contribution in [0, 0.1) is 11.8 Å². The molecule has 0 saturated carbocycles. The van der Waals surface area contributed by atoms with Gasteiger partial charge in [-0.3, -0.25) is 9.59 Å². The third kappa shape index (κ3) is 3.56. The molecule has 0 aromatic rings. The minimum Gasteiger partial charge on any atom is -0.479 e. The van der Waals surface area contributed by atoms with Gasteiger partial charge in [-0.05, 0) is 18.9 Å². The van der Waals surface area contributed by atoms with Gasteiger partial charge in [-0.1, -0.05) is 20.4 Å². The number of aliphatic hydroxyl groups excluding tert-OH is 1. The van der Waals surface area contributed by atoms with Crippen molar-refractivity contribution < 1.29 is 33.7 Å². The van der Waals surface area contributed by atoms with Crippen molar-refractivity contribution in [2.75, 3.05) is 6.61 Å². The molecule has 3 aliphatic heterocycles. The molecule has 3 rings (SSSR count). The number of carbonyl (C=O) groups is 3. The Morgan fingerprint density at radius 3 is 2.78 bits per heavy atom. The molecule has 3 aliphatic rings. The molecule has 0 spiro atoms.